The van der Waals surface area contributed by atoms with E-state index in [9.17, 15) is 19.5 Å². The highest BCUT2D eigenvalue weighted by atomic mass is 16.6. The second kappa shape index (κ2) is 45.1. The van der Waals surface area contributed by atoms with Gasteiger partial charge in [-0.05, 0) is 109 Å². The number of carbonyl (C=O) groups excluding carboxylic acids is 2. The molecule has 0 saturated carbocycles. The predicted octanol–water partition coefficient (Wildman–Crippen LogP) is 14.0. The summed E-state index contributed by atoms with van der Waals surface area (Å²) in [4.78, 5) is 37.1. The fraction of sp³-hybridized carbons (Fsp3) is 0.554. The van der Waals surface area contributed by atoms with E-state index < -0.39 is 18.1 Å². The van der Waals surface area contributed by atoms with Crippen molar-refractivity contribution in [2.24, 2.45) is 0 Å². The van der Waals surface area contributed by atoms with E-state index >= 15 is 0 Å². The van der Waals surface area contributed by atoms with Gasteiger partial charge in [0.25, 0.3) is 0 Å². The molecule has 0 aliphatic heterocycles. The van der Waals surface area contributed by atoms with E-state index in [4.69, 9.17) is 14.2 Å². The van der Waals surface area contributed by atoms with Gasteiger partial charge in [-0.3, -0.25) is 9.59 Å². The second-order valence-corrected chi connectivity index (χ2v) is 16.6. The SMILES string of the molecule is CC/C=C/C/C=C/C/C=C/C/C=C/C/C=C/C/C=C/CCCCC(=O)OCC(COCCC(C(=O)O)[N+](C)(C)C)OC(=O)CCCCC/C=C/C/C=C/C/C=C/C/C=C/C/C=C/CC. The van der Waals surface area contributed by atoms with Crippen molar-refractivity contribution in [1.82, 2.24) is 0 Å². The number of carbonyl (C=O) groups is 3. The van der Waals surface area contributed by atoms with Crippen LogP contribution in [0.5, 0.6) is 0 Å². The molecule has 0 aliphatic rings. The molecule has 0 heterocycles. The highest BCUT2D eigenvalue weighted by Gasteiger charge is 2.31. The van der Waals surface area contributed by atoms with Gasteiger partial charge in [0.2, 0.25) is 0 Å². The molecule has 2 atom stereocenters. The molecule has 64 heavy (non-hydrogen) atoms. The molecule has 0 spiro atoms. The van der Waals surface area contributed by atoms with E-state index in [-0.39, 0.29) is 49.1 Å². The Bertz CT molecular complexity index is 1500. The van der Waals surface area contributed by atoms with Crippen LogP contribution in [-0.2, 0) is 28.6 Å². The van der Waals surface area contributed by atoms with Crippen molar-refractivity contribution < 1.29 is 38.2 Å². The zero-order chi connectivity index (χ0) is 47.0. The quantitative estimate of drug-likeness (QED) is 0.0282. The lowest BCUT2D eigenvalue weighted by molar-refractivity contribution is -0.887. The first-order valence-electron chi connectivity index (χ1n) is 24.2. The molecule has 358 valence electrons. The average Bonchev–Trinajstić information content (AvgIpc) is 3.26. The summed E-state index contributed by atoms with van der Waals surface area (Å²) in [6.07, 6.45) is 65.0. The molecule has 0 bridgehead atoms. The largest absolute Gasteiger partial charge is 0.477 e. The van der Waals surface area contributed by atoms with E-state index in [1.807, 2.05) is 21.1 Å². The van der Waals surface area contributed by atoms with E-state index in [1.54, 1.807) is 0 Å². The summed E-state index contributed by atoms with van der Waals surface area (Å²) < 4.78 is 17.2. The number of hydrogen-bond donors (Lipinski definition) is 1. The van der Waals surface area contributed by atoms with Gasteiger partial charge in [-0.15, -0.1) is 0 Å². The van der Waals surface area contributed by atoms with Gasteiger partial charge in [-0.25, -0.2) is 4.79 Å². The summed E-state index contributed by atoms with van der Waals surface area (Å²) in [5.41, 5.74) is 0. The minimum atomic E-state index is -0.893. The van der Waals surface area contributed by atoms with E-state index in [1.165, 1.54) is 0 Å². The number of carboxylic acids is 1. The van der Waals surface area contributed by atoms with Crippen LogP contribution in [0, 0.1) is 0 Å². The molecule has 0 saturated heterocycles. The third-order valence-electron chi connectivity index (χ3n) is 9.80. The lowest BCUT2D eigenvalue weighted by Crippen LogP contribution is -2.50. The number of likely N-dealkylation sites (N-methyl/N-ethyl adjacent to an activating group) is 1. The van der Waals surface area contributed by atoms with Crippen LogP contribution in [0.15, 0.2) is 134 Å². The molecule has 1 N–H and O–H groups in total. The lowest BCUT2D eigenvalue weighted by atomic mass is 10.1. The van der Waals surface area contributed by atoms with Crippen LogP contribution >= 0.6 is 0 Å². The minimum Gasteiger partial charge on any atom is -0.477 e. The highest BCUT2D eigenvalue weighted by molar-refractivity contribution is 5.72. The number of unbranched alkanes of at least 4 members (excludes halogenated alkanes) is 5. The first kappa shape index (κ1) is 59.5. The van der Waals surface area contributed by atoms with Gasteiger partial charge in [0.05, 0.1) is 34.4 Å². The predicted molar refractivity (Wildman–Crippen MR) is 270 cm³/mol. The summed E-state index contributed by atoms with van der Waals surface area (Å²) in [5.74, 6) is -1.59. The average molecular weight is 887 g/mol. The fourth-order valence-corrected chi connectivity index (χ4v) is 6.12. The molecule has 0 aromatic rings. The van der Waals surface area contributed by atoms with Crippen molar-refractivity contribution in [3.63, 3.8) is 0 Å². The van der Waals surface area contributed by atoms with Crippen LogP contribution in [0.4, 0.5) is 0 Å². The Kier molecular flexibility index (Phi) is 41.9. The van der Waals surface area contributed by atoms with Crippen LogP contribution in [0.25, 0.3) is 0 Å². The van der Waals surface area contributed by atoms with Crippen LogP contribution in [0.2, 0.25) is 0 Å². The van der Waals surface area contributed by atoms with Crippen molar-refractivity contribution in [2.75, 3.05) is 41.0 Å². The van der Waals surface area contributed by atoms with E-state index in [2.05, 4.69) is 148 Å². The van der Waals surface area contributed by atoms with Gasteiger partial charge >= 0.3 is 17.9 Å². The fourth-order valence-electron chi connectivity index (χ4n) is 6.12. The molecule has 0 fully saturated rings. The Hall–Kier alpha value is -4.53. The minimum absolute atomic E-state index is 0.0231. The summed E-state index contributed by atoms with van der Waals surface area (Å²) in [6, 6.07) is -0.638. The molecular weight excluding hydrogens is 799 g/mol. The molecule has 0 rings (SSSR count). The number of hydrogen-bond acceptors (Lipinski definition) is 6. The number of ether oxygens (including phenoxy) is 3. The third-order valence-corrected chi connectivity index (χ3v) is 9.80. The number of nitrogens with zero attached hydrogens (tertiary/aromatic N) is 1. The lowest BCUT2D eigenvalue weighted by Gasteiger charge is -2.31. The van der Waals surface area contributed by atoms with Gasteiger partial charge in [0.1, 0.15) is 6.61 Å². The Labute approximate surface area is 390 Å². The maximum absolute atomic E-state index is 12.8. The number of esters is 2. The molecule has 0 aromatic heterocycles. The molecule has 0 amide bonds. The van der Waals surface area contributed by atoms with Crippen LogP contribution in [0.3, 0.4) is 0 Å². The van der Waals surface area contributed by atoms with Gasteiger partial charge in [0.15, 0.2) is 12.1 Å². The third kappa shape index (κ3) is 42.8. The summed E-state index contributed by atoms with van der Waals surface area (Å²) in [6.45, 7) is 4.40. The second-order valence-electron chi connectivity index (χ2n) is 16.6. The normalized spacial score (nSPS) is 14.1. The molecule has 0 radical (unpaired) electrons. The Balaban J connectivity index is 4.47. The van der Waals surface area contributed by atoms with Crippen molar-refractivity contribution >= 4 is 17.9 Å². The topological polar surface area (TPSA) is 99.1 Å². The van der Waals surface area contributed by atoms with Crippen LogP contribution in [0.1, 0.15) is 149 Å². The summed E-state index contributed by atoms with van der Waals surface area (Å²) in [5, 5.41) is 9.64. The maximum atomic E-state index is 12.8. The zero-order valence-electron chi connectivity index (χ0n) is 40.7. The molecule has 8 nitrogen and oxygen atoms in total. The monoisotopic (exact) mass is 887 g/mol. The molecule has 8 heteroatoms. The summed E-state index contributed by atoms with van der Waals surface area (Å²) in [7, 11) is 5.49. The highest BCUT2D eigenvalue weighted by Crippen LogP contribution is 2.11. The van der Waals surface area contributed by atoms with Crippen molar-refractivity contribution in [2.45, 2.75) is 161 Å². The molecular formula is C56H88NO7+. The smallest absolute Gasteiger partial charge is 0.362 e. The van der Waals surface area contributed by atoms with Gasteiger partial charge < -0.3 is 23.8 Å². The number of rotatable bonds is 41. The zero-order valence-corrected chi connectivity index (χ0v) is 40.7. The first-order valence-corrected chi connectivity index (χ1v) is 24.2. The maximum Gasteiger partial charge on any atom is 0.362 e. The first-order chi connectivity index (χ1) is 31.1. The Morgan fingerprint density at radius 1 is 0.469 bits per heavy atom. The summed E-state index contributed by atoms with van der Waals surface area (Å²) >= 11 is 0. The van der Waals surface area contributed by atoms with Crippen LogP contribution in [-0.4, -0.2) is 80.6 Å². The standard InChI is InChI=1S/C56H87NO7/c1-6-8-10-12-14-16-18-20-22-24-26-27-29-30-32-34-36-38-40-42-44-46-54(58)63-51-52(50-62-49-48-53(56(60)61)57(3,4)5)64-55(59)47-45-43-41-39-37-35-33-31-28-25-23-21-19-17-15-13-11-9-7-2/h8-11,14-17,20-23,26-28,30-32,35-38,52-53H,6-7,12-13,18-19,24-25,29,33-34,39-51H2,1-5H3/p+1/b10-8+,11-9+,16-14+,17-15+,22-20+,23-21+,27-26+,31-28+,32-30+,37-35+,38-36+. The van der Waals surface area contributed by atoms with Gasteiger partial charge in [0, 0.05) is 19.3 Å². The van der Waals surface area contributed by atoms with Crippen molar-refractivity contribution in [3.05, 3.63) is 134 Å². The van der Waals surface area contributed by atoms with Crippen molar-refractivity contribution in [3.8, 4) is 0 Å². The Morgan fingerprint density at radius 2 is 0.828 bits per heavy atom. The van der Waals surface area contributed by atoms with E-state index in [0.717, 1.165) is 103 Å². The molecule has 2 unspecified atom stereocenters. The van der Waals surface area contributed by atoms with Crippen LogP contribution < -0.4 is 0 Å². The molecule has 0 aromatic carbocycles. The number of allylic oxidation sites excluding steroid dienone is 22. The number of quaternary nitrogens is 1. The van der Waals surface area contributed by atoms with Gasteiger partial charge in [-0.1, -0.05) is 154 Å². The van der Waals surface area contributed by atoms with E-state index in [0.29, 0.717) is 19.3 Å². The Morgan fingerprint density at radius 3 is 1.22 bits per heavy atom. The van der Waals surface area contributed by atoms with Gasteiger partial charge in [-0.2, -0.15) is 0 Å². The number of aliphatic carboxylic acids is 1. The van der Waals surface area contributed by atoms with Crippen molar-refractivity contribution in [1.29, 1.82) is 0 Å². The number of carboxylic acid groups (broad SMARTS) is 1. The molecule has 0 aliphatic carbocycles.